The summed E-state index contributed by atoms with van der Waals surface area (Å²) in [5.41, 5.74) is 3.54. The van der Waals surface area contributed by atoms with Crippen LogP contribution in [0.2, 0.25) is 0 Å². The van der Waals surface area contributed by atoms with E-state index in [2.05, 4.69) is 19.9 Å². The lowest BCUT2D eigenvalue weighted by Crippen LogP contribution is -1.94. The second kappa shape index (κ2) is 10.3. The van der Waals surface area contributed by atoms with E-state index in [1.165, 1.54) is 41.5 Å². The van der Waals surface area contributed by atoms with Crippen LogP contribution in [0.4, 0.5) is 0 Å². The van der Waals surface area contributed by atoms with Crippen molar-refractivity contribution in [2.45, 2.75) is 40.0 Å². The highest BCUT2D eigenvalue weighted by molar-refractivity contribution is 6.08. The van der Waals surface area contributed by atoms with Crippen LogP contribution in [0.15, 0.2) is 59.7 Å². The van der Waals surface area contributed by atoms with Crippen molar-refractivity contribution in [1.82, 2.24) is 0 Å². The summed E-state index contributed by atoms with van der Waals surface area (Å²) in [4.78, 5) is 12.3. The van der Waals surface area contributed by atoms with E-state index >= 15 is 0 Å². The zero-order valence-electron chi connectivity index (χ0n) is 17.5. The predicted molar refractivity (Wildman–Crippen MR) is 119 cm³/mol. The van der Waals surface area contributed by atoms with Crippen molar-refractivity contribution in [2.75, 3.05) is 0 Å². The first-order chi connectivity index (χ1) is 14.2. The minimum Gasteiger partial charge on any atom is -0.508 e. The molecule has 30 heavy (non-hydrogen) atoms. The summed E-state index contributed by atoms with van der Waals surface area (Å²) >= 11 is 0. The number of allylic oxidation sites excluding steroid dienone is 5. The summed E-state index contributed by atoms with van der Waals surface area (Å²) < 4.78 is 0. The van der Waals surface area contributed by atoms with Crippen LogP contribution in [0, 0.1) is 0 Å². The second-order valence-corrected chi connectivity index (χ2v) is 7.51. The van der Waals surface area contributed by atoms with E-state index in [1.807, 2.05) is 13.0 Å². The second-order valence-electron chi connectivity index (χ2n) is 7.51. The molecule has 0 heterocycles. The number of carbonyl (C=O) groups excluding carboxylic acids is 1. The Kier molecular flexibility index (Phi) is 7.87. The lowest BCUT2D eigenvalue weighted by atomic mass is 10.0. The standard InChI is InChI=1S/C25H28O5/c1-16(2)5-4-6-17(3)7-8-18-13-19(24(29)15-23(18)28)9-12-22(27)21-11-10-20(26)14-25(21)30/h5,7,9-15,26,28-30H,4,6,8H2,1-3H3. The van der Waals surface area contributed by atoms with E-state index in [0.29, 0.717) is 17.5 Å². The van der Waals surface area contributed by atoms with E-state index in [9.17, 15) is 25.2 Å². The molecular formula is C25H28O5. The average Bonchev–Trinajstić information content (AvgIpc) is 2.66. The molecule has 0 bridgehead atoms. The molecule has 0 aliphatic heterocycles. The van der Waals surface area contributed by atoms with Gasteiger partial charge < -0.3 is 20.4 Å². The lowest BCUT2D eigenvalue weighted by molar-refractivity contribution is 0.104. The van der Waals surface area contributed by atoms with Crippen LogP contribution in [-0.4, -0.2) is 26.2 Å². The van der Waals surface area contributed by atoms with Gasteiger partial charge in [-0.05, 0) is 75.9 Å². The molecule has 158 valence electrons. The van der Waals surface area contributed by atoms with E-state index in [0.717, 1.165) is 18.9 Å². The van der Waals surface area contributed by atoms with Crippen LogP contribution in [0.3, 0.4) is 0 Å². The van der Waals surface area contributed by atoms with Gasteiger partial charge in [-0.3, -0.25) is 4.79 Å². The maximum absolute atomic E-state index is 12.3. The molecule has 0 aromatic heterocycles. The fourth-order valence-electron chi connectivity index (χ4n) is 2.90. The predicted octanol–water partition coefficient (Wildman–Crippen LogP) is 5.64. The third-order valence-corrected chi connectivity index (χ3v) is 4.65. The Morgan fingerprint density at radius 1 is 0.900 bits per heavy atom. The van der Waals surface area contributed by atoms with Crippen molar-refractivity contribution in [2.24, 2.45) is 0 Å². The molecule has 0 radical (unpaired) electrons. The zero-order valence-corrected chi connectivity index (χ0v) is 17.5. The highest BCUT2D eigenvalue weighted by Crippen LogP contribution is 2.30. The van der Waals surface area contributed by atoms with Crippen LogP contribution in [-0.2, 0) is 6.42 Å². The van der Waals surface area contributed by atoms with Crippen molar-refractivity contribution in [3.8, 4) is 23.0 Å². The smallest absolute Gasteiger partial charge is 0.189 e. The van der Waals surface area contributed by atoms with E-state index in [4.69, 9.17) is 0 Å². The SMILES string of the molecule is CC(C)=CCCC(C)=CCc1cc(C=CC(=O)c2ccc(O)cc2O)c(O)cc1O. The average molecular weight is 408 g/mol. The Morgan fingerprint density at radius 3 is 2.30 bits per heavy atom. The van der Waals surface area contributed by atoms with Gasteiger partial charge >= 0.3 is 0 Å². The normalized spacial score (nSPS) is 11.6. The molecule has 2 aromatic carbocycles. The first-order valence-corrected chi connectivity index (χ1v) is 9.75. The molecule has 0 saturated carbocycles. The van der Waals surface area contributed by atoms with Gasteiger partial charge in [-0.25, -0.2) is 0 Å². The third kappa shape index (κ3) is 6.55. The van der Waals surface area contributed by atoms with Crippen molar-refractivity contribution < 1.29 is 25.2 Å². The number of aromatic hydroxyl groups is 4. The molecule has 0 aliphatic rings. The van der Waals surface area contributed by atoms with Crippen LogP contribution in [0.1, 0.15) is 55.1 Å². The molecule has 0 amide bonds. The molecular weight excluding hydrogens is 380 g/mol. The number of phenols is 4. The number of ketones is 1. The Labute approximate surface area is 177 Å². The lowest BCUT2D eigenvalue weighted by Gasteiger charge is -2.07. The van der Waals surface area contributed by atoms with Gasteiger partial charge in [0.2, 0.25) is 0 Å². The van der Waals surface area contributed by atoms with E-state index in [1.54, 1.807) is 6.07 Å². The molecule has 0 aliphatic carbocycles. The highest BCUT2D eigenvalue weighted by Gasteiger charge is 2.10. The first kappa shape index (κ1) is 22.8. The largest absolute Gasteiger partial charge is 0.508 e. The number of hydrogen-bond donors (Lipinski definition) is 4. The minimum absolute atomic E-state index is 0.0134. The molecule has 0 atom stereocenters. The summed E-state index contributed by atoms with van der Waals surface area (Å²) in [6.07, 6.45) is 9.27. The minimum atomic E-state index is -0.475. The third-order valence-electron chi connectivity index (χ3n) is 4.65. The number of hydrogen-bond acceptors (Lipinski definition) is 5. The maximum Gasteiger partial charge on any atom is 0.189 e. The monoisotopic (exact) mass is 408 g/mol. The summed E-state index contributed by atoms with van der Waals surface area (Å²) in [6, 6.07) is 6.60. The molecule has 0 saturated heterocycles. The van der Waals surface area contributed by atoms with Crippen LogP contribution in [0.5, 0.6) is 23.0 Å². The molecule has 2 aromatic rings. The van der Waals surface area contributed by atoms with Gasteiger partial charge in [-0.2, -0.15) is 0 Å². The van der Waals surface area contributed by atoms with Crippen LogP contribution in [0.25, 0.3) is 6.08 Å². The van der Waals surface area contributed by atoms with Crippen molar-refractivity contribution >= 4 is 11.9 Å². The molecule has 5 heteroatoms. The fourth-order valence-corrected chi connectivity index (χ4v) is 2.90. The van der Waals surface area contributed by atoms with E-state index < -0.39 is 5.78 Å². The highest BCUT2D eigenvalue weighted by atomic mass is 16.3. The molecule has 4 N–H and O–H groups in total. The van der Waals surface area contributed by atoms with Crippen molar-refractivity contribution in [3.05, 3.63) is 76.4 Å². The zero-order chi connectivity index (χ0) is 22.3. The Bertz CT molecular complexity index is 1010. The van der Waals surface area contributed by atoms with E-state index in [-0.39, 0.29) is 28.6 Å². The molecule has 0 spiro atoms. The Balaban J connectivity index is 2.16. The number of carbonyl (C=O) groups is 1. The topological polar surface area (TPSA) is 98.0 Å². The summed E-state index contributed by atoms with van der Waals surface area (Å²) in [5, 5.41) is 39.4. The van der Waals surface area contributed by atoms with Gasteiger partial charge in [0, 0.05) is 17.7 Å². The number of phenolic OH excluding ortho intramolecular Hbond substituents is 4. The Morgan fingerprint density at radius 2 is 1.63 bits per heavy atom. The Hall–Kier alpha value is -3.47. The summed E-state index contributed by atoms with van der Waals surface area (Å²) in [7, 11) is 0. The summed E-state index contributed by atoms with van der Waals surface area (Å²) in [5.74, 6) is -1.11. The van der Waals surface area contributed by atoms with Gasteiger partial charge in [0.05, 0.1) is 5.56 Å². The van der Waals surface area contributed by atoms with Crippen molar-refractivity contribution in [3.63, 3.8) is 0 Å². The van der Waals surface area contributed by atoms with Gasteiger partial charge in [-0.15, -0.1) is 0 Å². The molecule has 0 fully saturated rings. The number of rotatable bonds is 8. The maximum atomic E-state index is 12.3. The number of benzene rings is 2. The van der Waals surface area contributed by atoms with Gasteiger partial charge in [0.1, 0.15) is 23.0 Å². The summed E-state index contributed by atoms with van der Waals surface area (Å²) in [6.45, 7) is 6.17. The van der Waals surface area contributed by atoms with Crippen LogP contribution < -0.4 is 0 Å². The molecule has 5 nitrogen and oxygen atoms in total. The fraction of sp³-hybridized carbons (Fsp3) is 0.240. The van der Waals surface area contributed by atoms with Gasteiger partial charge in [-0.1, -0.05) is 23.3 Å². The van der Waals surface area contributed by atoms with Crippen LogP contribution >= 0.6 is 0 Å². The quantitative estimate of drug-likeness (QED) is 0.257. The first-order valence-electron chi connectivity index (χ1n) is 9.75. The molecule has 2 rings (SSSR count). The van der Waals surface area contributed by atoms with Crippen molar-refractivity contribution in [1.29, 1.82) is 0 Å². The molecule has 0 unspecified atom stereocenters. The van der Waals surface area contributed by atoms with Gasteiger partial charge in [0.25, 0.3) is 0 Å². The van der Waals surface area contributed by atoms with Gasteiger partial charge in [0.15, 0.2) is 5.78 Å².